The highest BCUT2D eigenvalue weighted by Gasteiger charge is 2.16. The van der Waals surface area contributed by atoms with Crippen LogP contribution in [0.15, 0.2) is 5.38 Å². The maximum atomic E-state index is 11.1. The number of nitrogens with zero attached hydrogens (tertiary/aromatic N) is 2. The lowest BCUT2D eigenvalue weighted by atomic mass is 10.2. The number of hydrogen-bond acceptors (Lipinski definition) is 5. The number of hydrogen-bond donors (Lipinski definition) is 0. The van der Waals surface area contributed by atoms with Crippen LogP contribution in [0.3, 0.4) is 0 Å². The highest BCUT2D eigenvalue weighted by Crippen LogP contribution is 2.24. The minimum absolute atomic E-state index is 0.183. The van der Waals surface area contributed by atoms with Crippen molar-refractivity contribution in [2.45, 2.75) is 46.6 Å². The van der Waals surface area contributed by atoms with E-state index < -0.39 is 0 Å². The second kappa shape index (κ2) is 7.48. The molecular formula is C14H24N2O2S. The Morgan fingerprint density at radius 2 is 2.11 bits per heavy atom. The highest BCUT2D eigenvalue weighted by atomic mass is 32.1. The topological polar surface area (TPSA) is 42.4 Å². The summed E-state index contributed by atoms with van der Waals surface area (Å²) in [6, 6.07) is 0.432. The second-order valence-corrected chi connectivity index (χ2v) is 6.17. The number of anilines is 1. The molecule has 0 aliphatic carbocycles. The largest absolute Gasteiger partial charge is 0.469 e. The van der Waals surface area contributed by atoms with Gasteiger partial charge in [0, 0.05) is 24.4 Å². The molecule has 0 fully saturated rings. The molecule has 0 N–H and O–H groups in total. The third-order valence-corrected chi connectivity index (χ3v) is 3.71. The fourth-order valence-corrected chi connectivity index (χ4v) is 2.78. The van der Waals surface area contributed by atoms with E-state index in [2.05, 4.69) is 42.3 Å². The molecule has 0 aromatic carbocycles. The van der Waals surface area contributed by atoms with Crippen LogP contribution in [0.4, 0.5) is 5.13 Å². The molecule has 4 nitrogen and oxygen atoms in total. The van der Waals surface area contributed by atoms with E-state index in [-0.39, 0.29) is 5.97 Å². The summed E-state index contributed by atoms with van der Waals surface area (Å²) in [6.45, 7) is 9.78. The molecular weight excluding hydrogens is 260 g/mol. The molecule has 0 atom stereocenters. The van der Waals surface area contributed by atoms with Crippen molar-refractivity contribution in [1.29, 1.82) is 0 Å². The van der Waals surface area contributed by atoms with E-state index in [1.54, 1.807) is 11.3 Å². The summed E-state index contributed by atoms with van der Waals surface area (Å²) in [5.41, 5.74) is 0.972. The predicted octanol–water partition coefficient (Wildman–Crippen LogP) is 3.12. The fraction of sp³-hybridized carbons (Fsp3) is 0.714. The van der Waals surface area contributed by atoms with Gasteiger partial charge in [0.2, 0.25) is 0 Å². The summed E-state index contributed by atoms with van der Waals surface area (Å²) < 4.78 is 4.64. The first-order valence-corrected chi connectivity index (χ1v) is 7.59. The number of aryl methyl sites for hydroxylation is 1. The predicted molar refractivity (Wildman–Crippen MR) is 79.8 cm³/mol. The van der Waals surface area contributed by atoms with Crippen molar-refractivity contribution in [1.82, 2.24) is 4.98 Å². The molecule has 0 amide bonds. The maximum Gasteiger partial charge on any atom is 0.305 e. The lowest BCUT2D eigenvalue weighted by Gasteiger charge is -2.27. The molecule has 108 valence electrons. The Kier molecular flexibility index (Phi) is 6.28. The van der Waals surface area contributed by atoms with Gasteiger partial charge in [0.1, 0.15) is 0 Å². The van der Waals surface area contributed by atoms with Crippen molar-refractivity contribution in [2.75, 3.05) is 18.6 Å². The maximum absolute atomic E-state index is 11.1. The molecule has 0 unspecified atom stereocenters. The van der Waals surface area contributed by atoms with E-state index in [0.717, 1.165) is 17.4 Å². The Morgan fingerprint density at radius 1 is 1.42 bits per heavy atom. The Labute approximate surface area is 119 Å². The van der Waals surface area contributed by atoms with Gasteiger partial charge < -0.3 is 9.64 Å². The van der Waals surface area contributed by atoms with Crippen molar-refractivity contribution < 1.29 is 9.53 Å². The van der Waals surface area contributed by atoms with Gasteiger partial charge in [-0.25, -0.2) is 4.98 Å². The van der Waals surface area contributed by atoms with Gasteiger partial charge in [-0.05, 0) is 19.8 Å². The monoisotopic (exact) mass is 284 g/mol. The molecule has 0 radical (unpaired) electrons. The van der Waals surface area contributed by atoms with E-state index in [9.17, 15) is 4.79 Å². The Balaban J connectivity index is 2.67. The summed E-state index contributed by atoms with van der Waals surface area (Å²) in [5.74, 6) is 0.419. The quantitative estimate of drug-likeness (QED) is 0.722. The SMILES string of the molecule is COC(=O)CCc1csc(N(CC(C)C)C(C)C)n1. The standard InChI is InChI=1S/C14H24N2O2S/c1-10(2)8-16(11(3)4)14-15-12(9-19-14)6-7-13(17)18-5/h9-11H,6-8H2,1-5H3. The zero-order valence-corrected chi connectivity index (χ0v) is 13.3. The van der Waals surface area contributed by atoms with Crippen molar-refractivity contribution in [3.8, 4) is 0 Å². The van der Waals surface area contributed by atoms with E-state index in [1.165, 1.54) is 7.11 Å². The van der Waals surface area contributed by atoms with E-state index >= 15 is 0 Å². The zero-order valence-electron chi connectivity index (χ0n) is 12.5. The smallest absolute Gasteiger partial charge is 0.305 e. The zero-order chi connectivity index (χ0) is 14.4. The number of methoxy groups -OCH3 is 1. The van der Waals surface area contributed by atoms with E-state index in [4.69, 9.17) is 0 Å². The lowest BCUT2D eigenvalue weighted by molar-refractivity contribution is -0.140. The third kappa shape index (κ3) is 5.19. The number of thiazole rings is 1. The molecule has 0 bridgehead atoms. The average Bonchev–Trinajstić information content (AvgIpc) is 2.80. The lowest BCUT2D eigenvalue weighted by Crippen LogP contribution is -2.34. The second-order valence-electron chi connectivity index (χ2n) is 5.34. The van der Waals surface area contributed by atoms with Crippen LogP contribution in [0.5, 0.6) is 0 Å². The first-order chi connectivity index (χ1) is 8.93. The van der Waals surface area contributed by atoms with Crippen molar-refractivity contribution in [3.05, 3.63) is 11.1 Å². The van der Waals surface area contributed by atoms with Crippen molar-refractivity contribution in [2.24, 2.45) is 5.92 Å². The van der Waals surface area contributed by atoms with Gasteiger partial charge in [-0.15, -0.1) is 11.3 Å². The summed E-state index contributed by atoms with van der Waals surface area (Å²) in [6.07, 6.45) is 1.04. The van der Waals surface area contributed by atoms with Gasteiger partial charge in [0.05, 0.1) is 19.2 Å². The minimum atomic E-state index is -0.183. The van der Waals surface area contributed by atoms with Crippen LogP contribution in [0.1, 0.15) is 39.8 Å². The van der Waals surface area contributed by atoms with Crippen LogP contribution in [0, 0.1) is 5.92 Å². The first kappa shape index (κ1) is 16.0. The molecule has 0 saturated heterocycles. The van der Waals surface area contributed by atoms with Gasteiger partial charge in [-0.1, -0.05) is 13.8 Å². The summed E-state index contributed by atoms with van der Waals surface area (Å²) in [5, 5.41) is 3.08. The van der Waals surface area contributed by atoms with Gasteiger partial charge in [-0.3, -0.25) is 4.79 Å². The third-order valence-electron chi connectivity index (χ3n) is 2.78. The van der Waals surface area contributed by atoms with Gasteiger partial charge in [0.25, 0.3) is 0 Å². The van der Waals surface area contributed by atoms with Crippen LogP contribution in [0.25, 0.3) is 0 Å². The Hall–Kier alpha value is -1.10. The number of carbonyl (C=O) groups is 1. The number of ether oxygens (including phenoxy) is 1. The van der Waals surface area contributed by atoms with Gasteiger partial charge in [-0.2, -0.15) is 0 Å². The van der Waals surface area contributed by atoms with E-state index in [0.29, 0.717) is 24.8 Å². The van der Waals surface area contributed by atoms with Crippen molar-refractivity contribution in [3.63, 3.8) is 0 Å². The molecule has 0 spiro atoms. The normalized spacial score (nSPS) is 11.1. The molecule has 0 saturated carbocycles. The first-order valence-electron chi connectivity index (χ1n) is 6.72. The molecule has 5 heteroatoms. The Morgan fingerprint density at radius 3 is 2.63 bits per heavy atom. The van der Waals surface area contributed by atoms with Gasteiger partial charge in [0.15, 0.2) is 5.13 Å². The molecule has 1 heterocycles. The van der Waals surface area contributed by atoms with Crippen LogP contribution < -0.4 is 4.90 Å². The summed E-state index contributed by atoms with van der Waals surface area (Å²) >= 11 is 1.65. The van der Waals surface area contributed by atoms with Crippen LogP contribution in [-0.2, 0) is 16.0 Å². The number of esters is 1. The average molecular weight is 284 g/mol. The summed E-state index contributed by atoms with van der Waals surface area (Å²) in [4.78, 5) is 18.1. The number of aromatic nitrogens is 1. The number of carbonyl (C=O) groups excluding carboxylic acids is 1. The van der Waals surface area contributed by atoms with Gasteiger partial charge >= 0.3 is 5.97 Å². The molecule has 0 aliphatic heterocycles. The molecule has 1 aromatic rings. The van der Waals surface area contributed by atoms with Crippen molar-refractivity contribution >= 4 is 22.4 Å². The number of rotatable bonds is 7. The highest BCUT2D eigenvalue weighted by molar-refractivity contribution is 7.13. The molecule has 1 rings (SSSR count). The molecule has 1 aromatic heterocycles. The fourth-order valence-electron chi connectivity index (χ4n) is 1.78. The van der Waals surface area contributed by atoms with Crippen LogP contribution in [-0.4, -0.2) is 30.6 Å². The van der Waals surface area contributed by atoms with E-state index in [1.807, 2.05) is 5.38 Å². The Bertz CT molecular complexity index is 402. The molecule has 19 heavy (non-hydrogen) atoms. The molecule has 0 aliphatic rings. The minimum Gasteiger partial charge on any atom is -0.469 e. The van der Waals surface area contributed by atoms with Crippen LogP contribution >= 0.6 is 11.3 Å². The van der Waals surface area contributed by atoms with Crippen LogP contribution in [0.2, 0.25) is 0 Å². The summed E-state index contributed by atoms with van der Waals surface area (Å²) in [7, 11) is 1.41.